The molecule has 0 aliphatic carbocycles. The Morgan fingerprint density at radius 2 is 1.10 bits per heavy atom. The van der Waals surface area contributed by atoms with Crippen LogP contribution in [0.4, 0.5) is 0 Å². The summed E-state index contributed by atoms with van der Waals surface area (Å²) < 4.78 is 0. The van der Waals surface area contributed by atoms with Crippen molar-refractivity contribution in [3.63, 3.8) is 0 Å². The highest BCUT2D eigenvalue weighted by atomic mass is 35.5. The van der Waals surface area contributed by atoms with E-state index in [1.807, 2.05) is 38.1 Å². The minimum absolute atomic E-state index is 0.780. The average Bonchev–Trinajstić information content (AvgIpc) is 2.56. The summed E-state index contributed by atoms with van der Waals surface area (Å²) in [6.45, 7) is 4.00. The maximum Gasteiger partial charge on any atom is 0.0412 e. The average molecular weight is 339 g/mol. The van der Waals surface area contributed by atoms with Crippen molar-refractivity contribution in [2.75, 3.05) is 12.5 Å². The number of benzene rings is 2. The van der Waals surface area contributed by atoms with Gasteiger partial charge in [-0.3, -0.25) is 0 Å². The van der Waals surface area contributed by atoms with E-state index in [2.05, 4.69) is 36.8 Å². The van der Waals surface area contributed by atoms with Gasteiger partial charge in [-0.25, -0.2) is 0 Å². The first-order chi connectivity index (χ1) is 9.98. The molecule has 2 aromatic carbocycles. The minimum atomic E-state index is -1.05. The molecule has 2 aromatic rings. The van der Waals surface area contributed by atoms with Crippen molar-refractivity contribution in [1.82, 2.24) is 0 Å². The molecule has 0 amide bonds. The molecule has 0 atom stereocenters. The fourth-order valence-corrected chi connectivity index (χ4v) is 5.37. The number of hydrogen-bond donors (Lipinski definition) is 0. The molecule has 0 nitrogen and oxygen atoms in total. The van der Waals surface area contributed by atoms with E-state index < -0.39 is 10.0 Å². The third kappa shape index (κ3) is 3.15. The zero-order chi connectivity index (χ0) is 15.6. The summed E-state index contributed by atoms with van der Waals surface area (Å²) in [5.74, 6) is 0. The van der Waals surface area contributed by atoms with Crippen molar-refractivity contribution in [2.45, 2.75) is 23.6 Å². The number of fused-ring (bicyclic) bond motifs is 2. The second-order valence-corrected chi connectivity index (χ2v) is 9.43. The van der Waals surface area contributed by atoms with Crippen molar-refractivity contribution < 1.29 is 0 Å². The largest absolute Gasteiger partial charge is 0.192 e. The molecule has 0 spiro atoms. The molecule has 0 aromatic heterocycles. The second kappa shape index (κ2) is 6.48. The third-order valence-corrected chi connectivity index (χ3v) is 6.90. The lowest BCUT2D eigenvalue weighted by atomic mass is 10.1. The van der Waals surface area contributed by atoms with Crippen LogP contribution >= 0.6 is 33.2 Å². The first-order valence-corrected chi connectivity index (χ1v) is 10.2. The molecule has 0 N–H and O–H groups in total. The lowest BCUT2D eigenvalue weighted by Crippen LogP contribution is -2.00. The first kappa shape index (κ1) is 16.5. The van der Waals surface area contributed by atoms with E-state index in [-0.39, 0.29) is 0 Å². The van der Waals surface area contributed by atoms with Crippen LogP contribution in [0.15, 0.2) is 46.2 Å². The maximum atomic E-state index is 6.11. The van der Waals surface area contributed by atoms with Crippen LogP contribution in [0, 0.1) is 0 Å². The molecule has 112 valence electrons. The molecule has 0 saturated carbocycles. The van der Waals surface area contributed by atoms with E-state index in [0.717, 1.165) is 10.0 Å². The summed E-state index contributed by atoms with van der Waals surface area (Å²) >= 11 is 12.2. The van der Waals surface area contributed by atoms with Crippen LogP contribution in [-0.2, 0) is 0 Å². The predicted molar refractivity (Wildman–Crippen MR) is 99.2 cm³/mol. The van der Waals surface area contributed by atoms with Crippen LogP contribution < -0.4 is 0 Å². The Morgan fingerprint density at radius 3 is 1.48 bits per heavy atom. The zero-order valence-corrected chi connectivity index (χ0v) is 15.1. The van der Waals surface area contributed by atoms with Crippen molar-refractivity contribution in [3.05, 3.63) is 57.6 Å². The van der Waals surface area contributed by atoms with E-state index in [0.29, 0.717) is 0 Å². The molecule has 1 aliphatic rings. The van der Waals surface area contributed by atoms with E-state index >= 15 is 0 Å². The van der Waals surface area contributed by atoms with Gasteiger partial charge in [-0.1, -0.05) is 49.2 Å². The van der Waals surface area contributed by atoms with Crippen LogP contribution in [0.3, 0.4) is 0 Å². The highest BCUT2D eigenvalue weighted by Gasteiger charge is 2.24. The van der Waals surface area contributed by atoms with Gasteiger partial charge in [0.25, 0.3) is 0 Å². The summed E-state index contributed by atoms with van der Waals surface area (Å²) in [5.41, 5.74) is 2.42. The van der Waals surface area contributed by atoms with Crippen LogP contribution in [0.25, 0.3) is 12.2 Å². The molecular formula is C18H20Cl2S. The van der Waals surface area contributed by atoms with E-state index in [4.69, 9.17) is 23.2 Å². The molecule has 1 aliphatic heterocycles. The fraction of sp³-hybridized carbons (Fsp3) is 0.222. The summed E-state index contributed by atoms with van der Waals surface area (Å²) in [4.78, 5) is 2.74. The molecule has 3 heteroatoms. The Kier molecular flexibility index (Phi) is 5.08. The Labute approximate surface area is 139 Å². The van der Waals surface area contributed by atoms with Crippen molar-refractivity contribution in [2.24, 2.45) is 0 Å². The van der Waals surface area contributed by atoms with Crippen LogP contribution in [0.1, 0.15) is 25.0 Å². The first-order valence-electron chi connectivity index (χ1n) is 6.99. The van der Waals surface area contributed by atoms with Gasteiger partial charge in [0.1, 0.15) is 0 Å². The molecule has 1 heterocycles. The van der Waals surface area contributed by atoms with Crippen molar-refractivity contribution in [1.29, 1.82) is 0 Å². The highest BCUT2D eigenvalue weighted by molar-refractivity contribution is 8.32. The van der Waals surface area contributed by atoms with E-state index in [9.17, 15) is 0 Å². The van der Waals surface area contributed by atoms with Crippen molar-refractivity contribution in [3.8, 4) is 0 Å². The Balaban J connectivity index is 0.000000774. The van der Waals surface area contributed by atoms with Gasteiger partial charge in [-0.2, -0.15) is 10.0 Å². The topological polar surface area (TPSA) is 0 Å². The summed E-state index contributed by atoms with van der Waals surface area (Å²) in [7, 11) is -1.05. The van der Waals surface area contributed by atoms with E-state index in [1.54, 1.807) is 0 Å². The number of rotatable bonds is 0. The fourth-order valence-electron chi connectivity index (χ4n) is 2.53. The maximum absolute atomic E-state index is 6.11. The van der Waals surface area contributed by atoms with Gasteiger partial charge in [-0.05, 0) is 60.0 Å². The Morgan fingerprint density at radius 1 is 0.714 bits per heavy atom. The molecule has 0 bridgehead atoms. The quantitative estimate of drug-likeness (QED) is 0.485. The summed E-state index contributed by atoms with van der Waals surface area (Å²) in [6, 6.07) is 12.3. The van der Waals surface area contributed by atoms with Gasteiger partial charge in [0.15, 0.2) is 0 Å². The monoisotopic (exact) mass is 338 g/mol. The molecular weight excluding hydrogens is 319 g/mol. The molecule has 0 radical (unpaired) electrons. The van der Waals surface area contributed by atoms with Crippen molar-refractivity contribution >= 4 is 45.4 Å². The van der Waals surface area contributed by atoms with Gasteiger partial charge in [-0.15, -0.1) is 0 Å². The predicted octanol–water partition coefficient (Wildman–Crippen LogP) is 6.99. The molecule has 0 unspecified atom stereocenters. The smallest absolute Gasteiger partial charge is 0.0412 e. The number of hydrogen-bond acceptors (Lipinski definition) is 0. The lowest BCUT2D eigenvalue weighted by Gasteiger charge is -2.34. The summed E-state index contributed by atoms with van der Waals surface area (Å²) in [6.07, 6.45) is 8.91. The molecule has 0 saturated heterocycles. The Hall–Kier alpha value is -0.890. The minimum Gasteiger partial charge on any atom is -0.192 e. The third-order valence-electron chi connectivity index (χ3n) is 3.49. The lowest BCUT2D eigenvalue weighted by molar-refractivity contribution is 1.34. The Bertz CT molecular complexity index is 630. The SMILES string of the molecule is CC.CS1(C)c2ccc(Cl)cc2C=Cc2cc(Cl)ccc21. The molecule has 21 heavy (non-hydrogen) atoms. The zero-order valence-electron chi connectivity index (χ0n) is 12.8. The molecule has 0 fully saturated rings. The van der Waals surface area contributed by atoms with Gasteiger partial charge in [0, 0.05) is 19.8 Å². The van der Waals surface area contributed by atoms with Gasteiger partial charge >= 0.3 is 0 Å². The number of halogens is 2. The van der Waals surface area contributed by atoms with Gasteiger partial charge < -0.3 is 0 Å². The van der Waals surface area contributed by atoms with Crippen LogP contribution in [0.5, 0.6) is 0 Å². The van der Waals surface area contributed by atoms with Crippen LogP contribution in [-0.4, -0.2) is 12.5 Å². The standard InChI is InChI=1S/C16H14Cl2S.C2H6/c1-19(2)15-7-5-13(17)9-11(15)3-4-12-10-14(18)6-8-16(12)19;1-2/h3-10H,1-2H3;1-2H3. The normalized spacial score (nSPS) is 15.9. The van der Waals surface area contributed by atoms with Crippen LogP contribution in [0.2, 0.25) is 10.0 Å². The van der Waals surface area contributed by atoms with E-state index in [1.165, 1.54) is 20.9 Å². The van der Waals surface area contributed by atoms with Gasteiger partial charge in [0.2, 0.25) is 0 Å². The highest BCUT2D eigenvalue weighted by Crippen LogP contribution is 2.60. The second-order valence-electron chi connectivity index (χ2n) is 5.02. The van der Waals surface area contributed by atoms with Gasteiger partial charge in [0.05, 0.1) is 0 Å². The molecule has 3 rings (SSSR count). The summed E-state index contributed by atoms with van der Waals surface area (Å²) in [5, 5.41) is 1.56.